The molecule has 2 aromatic heterocycles. The molecule has 0 radical (unpaired) electrons. The summed E-state index contributed by atoms with van der Waals surface area (Å²) < 4.78 is 1.61. The lowest BCUT2D eigenvalue weighted by molar-refractivity contribution is 0.102. The lowest BCUT2D eigenvalue weighted by atomic mass is 10.1. The highest BCUT2D eigenvalue weighted by Gasteiger charge is 2.14. The quantitative estimate of drug-likeness (QED) is 0.705. The van der Waals surface area contributed by atoms with E-state index >= 15 is 0 Å². The van der Waals surface area contributed by atoms with Crippen molar-refractivity contribution in [2.75, 3.05) is 11.1 Å². The first-order valence-corrected chi connectivity index (χ1v) is 6.51. The Morgan fingerprint density at radius 1 is 1.24 bits per heavy atom. The molecule has 1 aromatic carbocycles. The molecule has 1 amide bonds. The molecule has 0 spiro atoms. The molecule has 3 aromatic rings. The van der Waals surface area contributed by atoms with Crippen molar-refractivity contribution >= 4 is 22.8 Å². The molecule has 0 aliphatic rings. The molecule has 0 atom stereocenters. The Balaban J connectivity index is 1.95. The van der Waals surface area contributed by atoms with Gasteiger partial charge in [0.15, 0.2) is 0 Å². The molecule has 0 aliphatic heterocycles. The van der Waals surface area contributed by atoms with Gasteiger partial charge in [-0.05, 0) is 37.1 Å². The molecule has 0 aliphatic carbocycles. The summed E-state index contributed by atoms with van der Waals surface area (Å²) in [6, 6.07) is 3.72. The van der Waals surface area contributed by atoms with Crippen LogP contribution in [0.5, 0.6) is 0 Å². The van der Waals surface area contributed by atoms with Crippen LogP contribution in [0.1, 0.15) is 21.5 Å². The van der Waals surface area contributed by atoms with E-state index < -0.39 is 0 Å². The number of nitrogens with one attached hydrogen (secondary N) is 1. The van der Waals surface area contributed by atoms with Crippen LogP contribution in [0.4, 0.5) is 11.4 Å². The number of carbonyl (C=O) groups excluding carboxylic acids is 1. The molecular formula is C15H15N5O. The largest absolute Gasteiger partial charge is 0.399 e. The lowest BCUT2D eigenvalue weighted by Gasteiger charge is -2.10. The van der Waals surface area contributed by atoms with Gasteiger partial charge in [-0.3, -0.25) is 9.78 Å². The van der Waals surface area contributed by atoms with E-state index in [2.05, 4.69) is 15.4 Å². The predicted octanol–water partition coefficient (Wildman–Crippen LogP) is 2.18. The maximum Gasteiger partial charge on any atom is 0.259 e. The molecular weight excluding hydrogens is 266 g/mol. The summed E-state index contributed by atoms with van der Waals surface area (Å²) in [6.45, 7) is 3.81. The number of hydrogen-bond acceptors (Lipinski definition) is 4. The van der Waals surface area contributed by atoms with Crippen molar-refractivity contribution in [2.45, 2.75) is 13.8 Å². The minimum atomic E-state index is -0.217. The van der Waals surface area contributed by atoms with Crippen LogP contribution in [0.2, 0.25) is 0 Å². The number of rotatable bonds is 2. The number of fused-ring (bicyclic) bond motifs is 1. The first-order valence-electron chi connectivity index (χ1n) is 6.51. The highest BCUT2D eigenvalue weighted by atomic mass is 16.1. The molecule has 21 heavy (non-hydrogen) atoms. The number of anilines is 2. The lowest BCUT2D eigenvalue weighted by Crippen LogP contribution is -2.13. The molecule has 0 saturated heterocycles. The number of carbonyl (C=O) groups is 1. The van der Waals surface area contributed by atoms with Gasteiger partial charge in [-0.15, -0.1) is 0 Å². The summed E-state index contributed by atoms with van der Waals surface area (Å²) in [4.78, 5) is 16.4. The number of nitrogens with zero attached hydrogens (tertiary/aromatic N) is 3. The van der Waals surface area contributed by atoms with Crippen LogP contribution in [0, 0.1) is 13.8 Å². The van der Waals surface area contributed by atoms with E-state index in [1.807, 2.05) is 26.0 Å². The van der Waals surface area contributed by atoms with Crippen LogP contribution in [0.15, 0.2) is 36.9 Å². The zero-order chi connectivity index (χ0) is 15.0. The van der Waals surface area contributed by atoms with E-state index in [0.29, 0.717) is 16.8 Å². The normalized spacial score (nSPS) is 10.8. The minimum absolute atomic E-state index is 0.217. The Bertz CT molecular complexity index is 837. The van der Waals surface area contributed by atoms with Crippen LogP contribution in [0.3, 0.4) is 0 Å². The van der Waals surface area contributed by atoms with Gasteiger partial charge in [0.05, 0.1) is 23.5 Å². The van der Waals surface area contributed by atoms with Crippen LogP contribution in [0.25, 0.3) is 5.52 Å². The third kappa shape index (κ3) is 2.31. The highest BCUT2D eigenvalue weighted by molar-refractivity contribution is 6.09. The SMILES string of the molecule is Cc1cc(NC(=O)c2cnn3ccncc23)c(C)cc1N. The van der Waals surface area contributed by atoms with Gasteiger partial charge >= 0.3 is 0 Å². The number of benzene rings is 1. The van der Waals surface area contributed by atoms with Crippen LogP contribution < -0.4 is 11.1 Å². The van der Waals surface area contributed by atoms with Crippen molar-refractivity contribution in [2.24, 2.45) is 0 Å². The van der Waals surface area contributed by atoms with Crippen LogP contribution >= 0.6 is 0 Å². The van der Waals surface area contributed by atoms with Gasteiger partial charge in [-0.1, -0.05) is 0 Å². The summed E-state index contributed by atoms with van der Waals surface area (Å²) in [6.07, 6.45) is 6.47. The second kappa shape index (κ2) is 4.90. The highest BCUT2D eigenvalue weighted by Crippen LogP contribution is 2.23. The third-order valence-corrected chi connectivity index (χ3v) is 3.43. The third-order valence-electron chi connectivity index (χ3n) is 3.43. The predicted molar refractivity (Wildman–Crippen MR) is 81.3 cm³/mol. The summed E-state index contributed by atoms with van der Waals surface area (Å²) in [7, 11) is 0. The Morgan fingerprint density at radius 3 is 2.86 bits per heavy atom. The second-order valence-corrected chi connectivity index (χ2v) is 4.94. The molecule has 3 rings (SSSR count). The zero-order valence-electron chi connectivity index (χ0n) is 11.8. The standard InChI is InChI=1S/C15H15N5O/c1-9-6-13(10(2)5-12(9)16)19-15(21)11-7-18-20-4-3-17-8-14(11)20/h3-8H,16H2,1-2H3,(H,19,21). The van der Waals surface area contributed by atoms with Crippen LogP contribution in [-0.4, -0.2) is 20.5 Å². The molecule has 106 valence electrons. The summed E-state index contributed by atoms with van der Waals surface area (Å²) in [5.74, 6) is -0.217. The molecule has 6 heteroatoms. The fraction of sp³-hybridized carbons (Fsp3) is 0.133. The van der Waals surface area contributed by atoms with Crippen molar-refractivity contribution in [3.05, 3.63) is 53.6 Å². The molecule has 2 heterocycles. The molecule has 6 nitrogen and oxygen atoms in total. The maximum atomic E-state index is 12.4. The number of nitrogen functional groups attached to an aromatic ring is 1. The minimum Gasteiger partial charge on any atom is -0.399 e. The topological polar surface area (TPSA) is 85.3 Å². The van der Waals surface area contributed by atoms with Gasteiger partial charge in [-0.2, -0.15) is 5.10 Å². The molecule has 3 N–H and O–H groups in total. The van der Waals surface area contributed by atoms with E-state index in [1.165, 1.54) is 6.20 Å². The summed E-state index contributed by atoms with van der Waals surface area (Å²) >= 11 is 0. The number of aromatic nitrogens is 3. The monoisotopic (exact) mass is 281 g/mol. The van der Waals surface area contributed by atoms with Crippen molar-refractivity contribution in [1.29, 1.82) is 0 Å². The Kier molecular flexibility index (Phi) is 3.06. The van der Waals surface area contributed by atoms with Crippen LogP contribution in [-0.2, 0) is 0 Å². The van der Waals surface area contributed by atoms with Gasteiger partial charge in [0.25, 0.3) is 5.91 Å². The van der Waals surface area contributed by atoms with Crippen molar-refractivity contribution in [1.82, 2.24) is 14.6 Å². The first kappa shape index (κ1) is 13.1. The van der Waals surface area contributed by atoms with Gasteiger partial charge in [0.2, 0.25) is 0 Å². The Hall–Kier alpha value is -2.89. The molecule has 0 saturated carbocycles. The Labute approximate surface area is 121 Å². The summed E-state index contributed by atoms with van der Waals surface area (Å²) in [5.41, 5.74) is 10.3. The van der Waals surface area contributed by atoms with E-state index in [1.54, 1.807) is 23.1 Å². The van der Waals surface area contributed by atoms with E-state index in [9.17, 15) is 4.79 Å². The number of aryl methyl sites for hydroxylation is 2. The van der Waals surface area contributed by atoms with E-state index in [4.69, 9.17) is 5.73 Å². The van der Waals surface area contributed by atoms with Gasteiger partial charge < -0.3 is 11.1 Å². The molecule has 0 bridgehead atoms. The van der Waals surface area contributed by atoms with E-state index in [-0.39, 0.29) is 5.91 Å². The number of nitrogens with two attached hydrogens (primary N) is 1. The van der Waals surface area contributed by atoms with Crippen molar-refractivity contribution in [3.8, 4) is 0 Å². The average Bonchev–Trinajstić information content (AvgIpc) is 2.88. The van der Waals surface area contributed by atoms with Gasteiger partial charge in [0, 0.05) is 23.8 Å². The van der Waals surface area contributed by atoms with Crippen molar-refractivity contribution in [3.63, 3.8) is 0 Å². The van der Waals surface area contributed by atoms with Gasteiger partial charge in [0.1, 0.15) is 0 Å². The number of hydrogen-bond donors (Lipinski definition) is 2. The number of amides is 1. The van der Waals surface area contributed by atoms with E-state index in [0.717, 1.165) is 16.8 Å². The maximum absolute atomic E-state index is 12.4. The summed E-state index contributed by atoms with van der Waals surface area (Å²) in [5, 5.41) is 7.03. The molecule has 0 fully saturated rings. The Morgan fingerprint density at radius 2 is 2.05 bits per heavy atom. The average molecular weight is 281 g/mol. The zero-order valence-corrected chi connectivity index (χ0v) is 11.8. The van der Waals surface area contributed by atoms with Gasteiger partial charge in [-0.25, -0.2) is 4.52 Å². The van der Waals surface area contributed by atoms with Crippen molar-refractivity contribution < 1.29 is 4.79 Å². The molecule has 0 unspecified atom stereocenters. The first-order chi connectivity index (χ1) is 10.1. The fourth-order valence-corrected chi connectivity index (χ4v) is 2.17. The fourth-order valence-electron chi connectivity index (χ4n) is 2.17. The second-order valence-electron chi connectivity index (χ2n) is 4.94. The smallest absolute Gasteiger partial charge is 0.259 e.